The maximum Gasteiger partial charge on any atom is 0.0992 e. The molecule has 2 aliphatic rings. The molecule has 23 heavy (non-hydrogen) atoms. The predicted octanol–water partition coefficient (Wildman–Crippen LogP) is 3.87. The molecule has 6 rings (SSSR count). The Morgan fingerprint density at radius 3 is 1.74 bits per heavy atom. The normalized spacial score (nSPS) is 21.6. The molecule has 2 bridgehead atoms. The lowest BCUT2D eigenvalue weighted by atomic mass is 10.0. The van der Waals surface area contributed by atoms with E-state index in [9.17, 15) is 0 Å². The molecule has 2 atom stereocenters. The molecule has 0 saturated heterocycles. The third kappa shape index (κ3) is 1.36. The second-order valence-corrected chi connectivity index (χ2v) is 6.32. The molecule has 1 aromatic carbocycles. The minimum Gasteiger partial charge on any atom is -0.254 e. The largest absolute Gasteiger partial charge is 0.254 e. The first kappa shape index (κ1) is 11.7. The fraction of sp³-hybridized carbons (Fsp3) is 0.158. The van der Waals surface area contributed by atoms with E-state index in [2.05, 4.69) is 34.3 Å². The van der Waals surface area contributed by atoms with E-state index >= 15 is 0 Å². The summed E-state index contributed by atoms with van der Waals surface area (Å²) in [5.41, 5.74) is 6.02. The van der Waals surface area contributed by atoms with Crippen molar-refractivity contribution in [1.29, 1.82) is 0 Å². The minimum atomic E-state index is 0.434. The van der Waals surface area contributed by atoms with E-state index in [0.29, 0.717) is 11.8 Å². The molecule has 0 fully saturated rings. The SMILES string of the molecule is C1=CC2CC1c1nc3c4cccnc4c4ncccc4c3nc12. The van der Waals surface area contributed by atoms with Gasteiger partial charge in [0, 0.05) is 35.0 Å². The molecule has 2 unspecified atom stereocenters. The summed E-state index contributed by atoms with van der Waals surface area (Å²) in [6.45, 7) is 0. The van der Waals surface area contributed by atoms with E-state index in [1.54, 1.807) is 0 Å². The third-order valence-corrected chi connectivity index (χ3v) is 5.09. The maximum atomic E-state index is 5.04. The van der Waals surface area contributed by atoms with Crippen LogP contribution < -0.4 is 0 Å². The lowest BCUT2D eigenvalue weighted by molar-refractivity contribution is 0.791. The van der Waals surface area contributed by atoms with Gasteiger partial charge >= 0.3 is 0 Å². The Labute approximate surface area is 131 Å². The maximum absolute atomic E-state index is 5.04. The van der Waals surface area contributed by atoms with Gasteiger partial charge in [0.05, 0.1) is 33.5 Å². The fourth-order valence-corrected chi connectivity index (χ4v) is 4.06. The number of allylic oxidation sites excluding steroid dienone is 2. The van der Waals surface area contributed by atoms with Crippen LogP contribution in [-0.2, 0) is 0 Å². The Balaban J connectivity index is 1.90. The van der Waals surface area contributed by atoms with Crippen molar-refractivity contribution in [2.45, 2.75) is 18.3 Å². The van der Waals surface area contributed by atoms with Gasteiger partial charge in [-0.3, -0.25) is 9.97 Å². The molecule has 0 amide bonds. The van der Waals surface area contributed by atoms with Crippen molar-refractivity contribution in [2.75, 3.05) is 0 Å². The van der Waals surface area contributed by atoms with Crippen molar-refractivity contribution in [3.63, 3.8) is 0 Å². The van der Waals surface area contributed by atoms with Crippen molar-refractivity contribution in [3.05, 3.63) is 60.2 Å². The molecule has 0 saturated carbocycles. The Hall–Kier alpha value is -2.88. The topological polar surface area (TPSA) is 51.6 Å². The zero-order valence-electron chi connectivity index (χ0n) is 12.3. The van der Waals surface area contributed by atoms with Crippen molar-refractivity contribution in [1.82, 2.24) is 19.9 Å². The number of pyridine rings is 2. The zero-order valence-corrected chi connectivity index (χ0v) is 12.3. The van der Waals surface area contributed by atoms with Crippen LogP contribution in [0.5, 0.6) is 0 Å². The molecular formula is C19H12N4. The zero-order chi connectivity index (χ0) is 15.0. The Morgan fingerprint density at radius 2 is 1.22 bits per heavy atom. The standard InChI is InChI=1S/C19H12N4/c1-3-12-16(20-7-1)17-13(4-2-8-21-17)19-18(12)22-14-10-5-6-11(9-10)15(14)23-19/h1-8,10-11H,9H2. The average Bonchev–Trinajstić information content (AvgIpc) is 3.23. The highest BCUT2D eigenvalue weighted by Crippen LogP contribution is 2.47. The lowest BCUT2D eigenvalue weighted by Crippen LogP contribution is -2.02. The van der Waals surface area contributed by atoms with E-state index < -0.39 is 0 Å². The van der Waals surface area contributed by atoms with E-state index in [0.717, 1.165) is 50.6 Å². The second-order valence-electron chi connectivity index (χ2n) is 6.32. The number of hydrogen-bond donors (Lipinski definition) is 0. The highest BCUT2D eigenvalue weighted by Gasteiger charge is 2.36. The van der Waals surface area contributed by atoms with E-state index in [-0.39, 0.29) is 0 Å². The Kier molecular flexibility index (Phi) is 1.98. The second kappa shape index (κ2) is 3.90. The third-order valence-electron chi connectivity index (χ3n) is 5.09. The molecule has 4 nitrogen and oxygen atoms in total. The number of benzene rings is 1. The van der Waals surface area contributed by atoms with Crippen LogP contribution in [0.15, 0.2) is 48.8 Å². The molecule has 3 aromatic heterocycles. The molecule has 2 aliphatic carbocycles. The first-order valence-corrected chi connectivity index (χ1v) is 7.91. The number of hydrogen-bond acceptors (Lipinski definition) is 4. The highest BCUT2D eigenvalue weighted by atomic mass is 14.9. The summed E-state index contributed by atoms with van der Waals surface area (Å²) in [5, 5.41) is 2.08. The summed E-state index contributed by atoms with van der Waals surface area (Å²) < 4.78 is 0. The molecular weight excluding hydrogens is 284 g/mol. The van der Waals surface area contributed by atoms with Crippen LogP contribution in [-0.4, -0.2) is 19.9 Å². The Morgan fingerprint density at radius 1 is 0.696 bits per heavy atom. The molecule has 4 heteroatoms. The molecule has 0 aliphatic heterocycles. The molecule has 0 radical (unpaired) electrons. The van der Waals surface area contributed by atoms with Crippen LogP contribution in [0.2, 0.25) is 0 Å². The molecule has 0 spiro atoms. The molecule has 3 heterocycles. The van der Waals surface area contributed by atoms with Crippen LogP contribution in [0.4, 0.5) is 0 Å². The lowest BCUT2D eigenvalue weighted by Gasteiger charge is -2.13. The summed E-state index contributed by atoms with van der Waals surface area (Å²) in [7, 11) is 0. The summed E-state index contributed by atoms with van der Waals surface area (Å²) in [5.74, 6) is 0.867. The van der Waals surface area contributed by atoms with E-state index in [1.807, 2.05) is 24.5 Å². The first-order valence-electron chi connectivity index (χ1n) is 7.91. The fourth-order valence-electron chi connectivity index (χ4n) is 4.06. The van der Waals surface area contributed by atoms with E-state index in [4.69, 9.17) is 9.97 Å². The summed E-state index contributed by atoms with van der Waals surface area (Å²) >= 11 is 0. The van der Waals surface area contributed by atoms with Crippen molar-refractivity contribution in [3.8, 4) is 0 Å². The van der Waals surface area contributed by atoms with Gasteiger partial charge in [-0.25, -0.2) is 9.97 Å². The van der Waals surface area contributed by atoms with Crippen LogP contribution >= 0.6 is 0 Å². The molecule has 4 aromatic rings. The highest BCUT2D eigenvalue weighted by molar-refractivity contribution is 6.20. The smallest absolute Gasteiger partial charge is 0.0992 e. The van der Waals surface area contributed by atoms with Crippen molar-refractivity contribution < 1.29 is 0 Å². The number of aromatic nitrogens is 4. The van der Waals surface area contributed by atoms with Crippen LogP contribution in [0, 0.1) is 0 Å². The minimum absolute atomic E-state index is 0.434. The Bertz CT molecular complexity index is 1070. The van der Waals surface area contributed by atoms with E-state index in [1.165, 1.54) is 0 Å². The van der Waals surface area contributed by atoms with Crippen molar-refractivity contribution >= 4 is 32.8 Å². The monoisotopic (exact) mass is 296 g/mol. The number of fused-ring (bicyclic) bond motifs is 11. The predicted molar refractivity (Wildman–Crippen MR) is 89.4 cm³/mol. The van der Waals surface area contributed by atoms with Gasteiger partial charge in [0.1, 0.15) is 0 Å². The van der Waals surface area contributed by atoms with Crippen LogP contribution in [0.1, 0.15) is 29.6 Å². The molecule has 0 N–H and O–H groups in total. The number of rotatable bonds is 0. The average molecular weight is 296 g/mol. The van der Waals surface area contributed by atoms with Crippen molar-refractivity contribution in [2.24, 2.45) is 0 Å². The summed E-state index contributed by atoms with van der Waals surface area (Å²) in [6.07, 6.45) is 9.30. The van der Waals surface area contributed by atoms with Gasteiger partial charge in [-0.05, 0) is 30.7 Å². The quantitative estimate of drug-likeness (QED) is 0.365. The molecule has 108 valence electrons. The first-order chi connectivity index (χ1) is 11.4. The van der Waals surface area contributed by atoms with Gasteiger partial charge in [-0.15, -0.1) is 0 Å². The van der Waals surface area contributed by atoms with Gasteiger partial charge in [-0.1, -0.05) is 12.2 Å². The summed E-state index contributed by atoms with van der Waals surface area (Å²) in [6, 6.07) is 8.06. The van der Waals surface area contributed by atoms with Gasteiger partial charge in [0.25, 0.3) is 0 Å². The van der Waals surface area contributed by atoms with Gasteiger partial charge < -0.3 is 0 Å². The number of nitrogens with zero attached hydrogens (tertiary/aromatic N) is 4. The van der Waals surface area contributed by atoms with Gasteiger partial charge in [0.15, 0.2) is 0 Å². The summed E-state index contributed by atoms with van der Waals surface area (Å²) in [4.78, 5) is 19.2. The van der Waals surface area contributed by atoms with Crippen LogP contribution in [0.25, 0.3) is 32.8 Å². The van der Waals surface area contributed by atoms with Gasteiger partial charge in [0.2, 0.25) is 0 Å². The van der Waals surface area contributed by atoms with Gasteiger partial charge in [-0.2, -0.15) is 0 Å². The van der Waals surface area contributed by atoms with Crippen LogP contribution in [0.3, 0.4) is 0 Å².